The summed E-state index contributed by atoms with van der Waals surface area (Å²) in [5.41, 5.74) is 0.492. The van der Waals surface area contributed by atoms with E-state index in [0.29, 0.717) is 22.6 Å². The highest BCUT2D eigenvalue weighted by Crippen LogP contribution is 2.37. The van der Waals surface area contributed by atoms with Gasteiger partial charge in [-0.15, -0.1) is 0 Å². The van der Waals surface area contributed by atoms with Crippen LogP contribution in [0.2, 0.25) is 0 Å². The van der Waals surface area contributed by atoms with Gasteiger partial charge in [0.25, 0.3) is 0 Å². The van der Waals surface area contributed by atoms with Gasteiger partial charge in [-0.3, -0.25) is 0 Å². The molecule has 0 aliphatic carbocycles. The molecule has 2 nitrogen and oxygen atoms in total. The second-order valence-corrected chi connectivity index (χ2v) is 4.15. The molecule has 0 unspecified atom stereocenters. The van der Waals surface area contributed by atoms with E-state index >= 15 is 0 Å². The first-order valence-electron chi connectivity index (χ1n) is 5.61. The summed E-state index contributed by atoms with van der Waals surface area (Å²) in [6.45, 7) is 0.140. The van der Waals surface area contributed by atoms with Crippen molar-refractivity contribution in [2.75, 3.05) is 6.79 Å². The molecule has 1 aliphatic heterocycles. The number of fused-ring (bicyclic) bond motifs is 1. The van der Waals surface area contributed by atoms with E-state index in [1.807, 2.05) is 0 Å². The van der Waals surface area contributed by atoms with Gasteiger partial charge in [0, 0.05) is 0 Å². The summed E-state index contributed by atoms with van der Waals surface area (Å²) in [5, 5.41) is 0. The molecule has 0 aromatic heterocycles. The fourth-order valence-electron chi connectivity index (χ4n) is 1.95. The van der Waals surface area contributed by atoms with Gasteiger partial charge in [0.05, 0.1) is 5.56 Å². The number of hydrogen-bond donors (Lipinski definition) is 0. The number of hydrogen-bond acceptors (Lipinski definition) is 2. The van der Waals surface area contributed by atoms with Crippen molar-refractivity contribution in [3.63, 3.8) is 0 Å². The number of benzene rings is 2. The Morgan fingerprint density at radius 2 is 1.58 bits per heavy atom. The highest BCUT2D eigenvalue weighted by molar-refractivity contribution is 5.68. The summed E-state index contributed by atoms with van der Waals surface area (Å²) in [7, 11) is 0. The third kappa shape index (κ3) is 2.23. The van der Waals surface area contributed by atoms with Crippen LogP contribution < -0.4 is 9.47 Å². The lowest BCUT2D eigenvalue weighted by Crippen LogP contribution is -2.04. The lowest BCUT2D eigenvalue weighted by molar-refractivity contribution is -0.137. The monoisotopic (exact) mass is 266 g/mol. The van der Waals surface area contributed by atoms with E-state index in [2.05, 4.69) is 0 Å². The first-order chi connectivity index (χ1) is 9.04. The van der Waals surface area contributed by atoms with E-state index in [-0.39, 0.29) is 6.79 Å². The second-order valence-electron chi connectivity index (χ2n) is 4.15. The van der Waals surface area contributed by atoms with Gasteiger partial charge in [-0.25, -0.2) is 0 Å². The molecular weight excluding hydrogens is 257 g/mol. The van der Waals surface area contributed by atoms with E-state index in [0.717, 1.165) is 12.1 Å². The van der Waals surface area contributed by atoms with Crippen LogP contribution in [0.3, 0.4) is 0 Å². The maximum Gasteiger partial charge on any atom is 0.416 e. The first kappa shape index (κ1) is 11.9. The zero-order chi connectivity index (χ0) is 13.5. The average molecular weight is 266 g/mol. The van der Waals surface area contributed by atoms with Gasteiger partial charge in [-0.1, -0.05) is 18.2 Å². The molecule has 0 radical (unpaired) electrons. The van der Waals surface area contributed by atoms with Crippen molar-refractivity contribution >= 4 is 0 Å². The summed E-state index contributed by atoms with van der Waals surface area (Å²) in [5.74, 6) is 1.16. The van der Waals surface area contributed by atoms with E-state index in [9.17, 15) is 13.2 Å². The number of ether oxygens (including phenoxy) is 2. The normalized spacial score (nSPS) is 13.6. The van der Waals surface area contributed by atoms with Gasteiger partial charge >= 0.3 is 6.18 Å². The Hall–Kier alpha value is -2.17. The summed E-state index contributed by atoms with van der Waals surface area (Å²) in [4.78, 5) is 0. The molecule has 19 heavy (non-hydrogen) atoms. The van der Waals surface area contributed by atoms with E-state index in [4.69, 9.17) is 9.47 Å². The molecule has 2 aromatic rings. The molecule has 1 aliphatic rings. The second kappa shape index (κ2) is 4.19. The maximum atomic E-state index is 12.7. The van der Waals surface area contributed by atoms with Gasteiger partial charge in [0.15, 0.2) is 11.5 Å². The predicted molar refractivity (Wildman–Crippen MR) is 63.0 cm³/mol. The highest BCUT2D eigenvalue weighted by Gasteiger charge is 2.30. The molecule has 3 rings (SSSR count). The molecule has 5 heteroatoms. The third-order valence-corrected chi connectivity index (χ3v) is 2.90. The van der Waals surface area contributed by atoms with Crippen LogP contribution in [0.25, 0.3) is 11.1 Å². The van der Waals surface area contributed by atoms with Crippen molar-refractivity contribution < 1.29 is 22.6 Å². The smallest absolute Gasteiger partial charge is 0.416 e. The van der Waals surface area contributed by atoms with Crippen molar-refractivity contribution in [3.05, 3.63) is 48.0 Å². The topological polar surface area (TPSA) is 18.5 Å². The Balaban J connectivity index is 2.03. The Morgan fingerprint density at radius 3 is 2.37 bits per heavy atom. The van der Waals surface area contributed by atoms with Gasteiger partial charge in [0.2, 0.25) is 6.79 Å². The molecule has 2 aromatic carbocycles. The quantitative estimate of drug-likeness (QED) is 0.773. The summed E-state index contributed by atoms with van der Waals surface area (Å²) < 4.78 is 48.4. The molecule has 98 valence electrons. The largest absolute Gasteiger partial charge is 0.454 e. The molecule has 0 spiro atoms. The fourth-order valence-corrected chi connectivity index (χ4v) is 1.95. The third-order valence-electron chi connectivity index (χ3n) is 2.90. The SMILES string of the molecule is FC(F)(F)c1cccc(-c2ccc3c(c2)OCO3)c1. The Kier molecular flexibility index (Phi) is 2.62. The molecule has 0 amide bonds. The first-order valence-corrected chi connectivity index (χ1v) is 5.61. The van der Waals surface area contributed by atoms with Crippen LogP contribution >= 0.6 is 0 Å². The van der Waals surface area contributed by atoms with Crippen LogP contribution in [0.5, 0.6) is 11.5 Å². The van der Waals surface area contributed by atoms with Crippen LogP contribution in [-0.2, 0) is 6.18 Å². The van der Waals surface area contributed by atoms with E-state index in [1.54, 1.807) is 24.3 Å². The van der Waals surface area contributed by atoms with Crippen molar-refractivity contribution in [2.24, 2.45) is 0 Å². The summed E-state index contributed by atoms with van der Waals surface area (Å²) >= 11 is 0. The van der Waals surface area contributed by atoms with Crippen molar-refractivity contribution in [3.8, 4) is 22.6 Å². The van der Waals surface area contributed by atoms with E-state index in [1.165, 1.54) is 6.07 Å². The predicted octanol–water partition coefficient (Wildman–Crippen LogP) is 4.10. The summed E-state index contributed by atoms with van der Waals surface area (Å²) in [6.07, 6.45) is -4.34. The molecule has 0 saturated heterocycles. The standard InChI is InChI=1S/C14H9F3O2/c15-14(16,17)11-3-1-2-9(6-11)10-4-5-12-13(7-10)19-8-18-12/h1-7H,8H2. The minimum atomic E-state index is -4.34. The summed E-state index contributed by atoms with van der Waals surface area (Å²) in [6, 6.07) is 10.3. The number of halogens is 3. The Labute approximate surface area is 107 Å². The average Bonchev–Trinajstić information content (AvgIpc) is 2.85. The maximum absolute atomic E-state index is 12.7. The molecule has 1 heterocycles. The van der Waals surface area contributed by atoms with Gasteiger partial charge < -0.3 is 9.47 Å². The van der Waals surface area contributed by atoms with E-state index < -0.39 is 11.7 Å². The van der Waals surface area contributed by atoms with Crippen molar-refractivity contribution in [1.29, 1.82) is 0 Å². The van der Waals surface area contributed by atoms with Crippen molar-refractivity contribution in [2.45, 2.75) is 6.18 Å². The fraction of sp³-hybridized carbons (Fsp3) is 0.143. The van der Waals surface area contributed by atoms with Crippen LogP contribution in [0.15, 0.2) is 42.5 Å². The van der Waals surface area contributed by atoms with Gasteiger partial charge in [0.1, 0.15) is 0 Å². The van der Waals surface area contributed by atoms with Crippen LogP contribution in [0.1, 0.15) is 5.56 Å². The molecule has 0 fully saturated rings. The minimum Gasteiger partial charge on any atom is -0.454 e. The molecule has 0 saturated carbocycles. The lowest BCUT2D eigenvalue weighted by atomic mass is 10.0. The number of rotatable bonds is 1. The molecule has 0 N–H and O–H groups in total. The molecule has 0 atom stereocenters. The lowest BCUT2D eigenvalue weighted by Gasteiger charge is -2.09. The number of alkyl halides is 3. The molecular formula is C14H9F3O2. The zero-order valence-corrected chi connectivity index (χ0v) is 9.70. The van der Waals surface area contributed by atoms with Crippen LogP contribution in [0.4, 0.5) is 13.2 Å². The highest BCUT2D eigenvalue weighted by atomic mass is 19.4. The van der Waals surface area contributed by atoms with Crippen LogP contribution in [0, 0.1) is 0 Å². The van der Waals surface area contributed by atoms with Crippen molar-refractivity contribution in [1.82, 2.24) is 0 Å². The van der Waals surface area contributed by atoms with Crippen LogP contribution in [-0.4, -0.2) is 6.79 Å². The zero-order valence-electron chi connectivity index (χ0n) is 9.70. The Morgan fingerprint density at radius 1 is 0.842 bits per heavy atom. The van der Waals surface area contributed by atoms with Gasteiger partial charge in [-0.2, -0.15) is 13.2 Å². The van der Waals surface area contributed by atoms with Gasteiger partial charge in [-0.05, 0) is 35.4 Å². The molecule has 0 bridgehead atoms. The minimum absolute atomic E-state index is 0.140. The Bertz CT molecular complexity index is 620.